The van der Waals surface area contributed by atoms with Crippen LogP contribution in [0.15, 0.2) is 47.4 Å². The second-order valence-electron chi connectivity index (χ2n) is 4.59. The maximum atomic E-state index is 12.0. The Bertz CT molecular complexity index is 732. The second-order valence-corrected chi connectivity index (χ2v) is 4.59. The molecule has 2 N–H and O–H groups in total. The van der Waals surface area contributed by atoms with E-state index in [4.69, 9.17) is 5.11 Å². The molecule has 0 aliphatic carbocycles. The maximum absolute atomic E-state index is 12.0. The number of aliphatic carboxylic acids is 1. The molecule has 6 heteroatoms. The molecule has 0 aliphatic heterocycles. The summed E-state index contributed by atoms with van der Waals surface area (Å²) in [5, 5.41) is 11.3. The first-order valence-electron chi connectivity index (χ1n) is 6.24. The molecule has 0 fully saturated rings. The summed E-state index contributed by atoms with van der Waals surface area (Å²) in [6.07, 6.45) is 1.45. The van der Waals surface area contributed by atoms with Gasteiger partial charge in [0.25, 0.3) is 11.5 Å². The quantitative estimate of drug-likeness (QED) is 0.885. The molecule has 1 aromatic heterocycles. The van der Waals surface area contributed by atoms with Gasteiger partial charge in [0, 0.05) is 30.6 Å². The zero-order chi connectivity index (χ0) is 15.4. The van der Waals surface area contributed by atoms with Gasteiger partial charge in [0.05, 0.1) is 6.42 Å². The number of carboxylic acid groups (broad SMARTS) is 1. The van der Waals surface area contributed by atoms with Gasteiger partial charge in [0.1, 0.15) is 0 Å². The molecule has 0 spiro atoms. The van der Waals surface area contributed by atoms with Gasteiger partial charge in [-0.2, -0.15) is 0 Å². The summed E-state index contributed by atoms with van der Waals surface area (Å²) in [6, 6.07) is 9.32. The van der Waals surface area contributed by atoms with E-state index in [0.29, 0.717) is 11.3 Å². The normalized spacial score (nSPS) is 10.1. The fraction of sp³-hybridized carbons (Fsp3) is 0.133. The topological polar surface area (TPSA) is 88.4 Å². The maximum Gasteiger partial charge on any atom is 0.307 e. The molecular weight excluding hydrogens is 272 g/mol. The first kappa shape index (κ1) is 14.5. The molecule has 6 nitrogen and oxygen atoms in total. The number of carboxylic acids is 1. The number of rotatable bonds is 4. The van der Waals surface area contributed by atoms with Gasteiger partial charge in [-0.05, 0) is 23.8 Å². The zero-order valence-electron chi connectivity index (χ0n) is 11.4. The van der Waals surface area contributed by atoms with E-state index in [0.717, 1.165) is 0 Å². The van der Waals surface area contributed by atoms with Crippen molar-refractivity contribution < 1.29 is 14.7 Å². The lowest BCUT2D eigenvalue weighted by Gasteiger charge is -2.06. The summed E-state index contributed by atoms with van der Waals surface area (Å²) in [7, 11) is 1.60. The Morgan fingerprint density at radius 2 is 1.86 bits per heavy atom. The van der Waals surface area contributed by atoms with Crippen LogP contribution in [0.2, 0.25) is 0 Å². The van der Waals surface area contributed by atoms with Crippen molar-refractivity contribution in [3.8, 4) is 0 Å². The molecule has 1 heterocycles. The number of hydrogen-bond donors (Lipinski definition) is 2. The molecule has 1 aromatic carbocycles. The molecule has 0 unspecified atom stereocenters. The Labute approximate surface area is 120 Å². The molecule has 108 valence electrons. The van der Waals surface area contributed by atoms with Gasteiger partial charge in [-0.25, -0.2) is 0 Å². The number of pyridine rings is 1. The van der Waals surface area contributed by atoms with E-state index in [1.165, 1.54) is 16.8 Å². The van der Waals surface area contributed by atoms with Crippen molar-refractivity contribution in [1.29, 1.82) is 0 Å². The lowest BCUT2D eigenvalue weighted by Crippen LogP contribution is -2.19. The van der Waals surface area contributed by atoms with Gasteiger partial charge in [-0.15, -0.1) is 0 Å². The Kier molecular flexibility index (Phi) is 4.18. The number of aryl methyl sites for hydroxylation is 1. The number of amides is 1. The lowest BCUT2D eigenvalue weighted by atomic mass is 10.1. The first-order chi connectivity index (χ1) is 9.95. The van der Waals surface area contributed by atoms with Gasteiger partial charge in [-0.1, -0.05) is 12.1 Å². The van der Waals surface area contributed by atoms with Crippen molar-refractivity contribution in [2.45, 2.75) is 6.42 Å². The third-order valence-electron chi connectivity index (χ3n) is 2.93. The summed E-state index contributed by atoms with van der Waals surface area (Å²) in [5.41, 5.74) is 1.19. The van der Waals surface area contributed by atoms with Crippen LogP contribution < -0.4 is 10.9 Å². The zero-order valence-corrected chi connectivity index (χ0v) is 11.4. The second kappa shape index (κ2) is 6.04. The van der Waals surface area contributed by atoms with Crippen LogP contribution in [0.3, 0.4) is 0 Å². The standard InChI is InChI=1S/C15H14N2O4/c1-17-7-6-11(9-13(17)18)15(21)16-12-4-2-10(3-5-12)8-14(19)20/h2-7,9H,8H2,1H3,(H,16,21)(H,19,20). The van der Waals surface area contributed by atoms with Crippen LogP contribution >= 0.6 is 0 Å². The highest BCUT2D eigenvalue weighted by atomic mass is 16.4. The molecule has 0 saturated heterocycles. The van der Waals surface area contributed by atoms with Gasteiger partial charge >= 0.3 is 5.97 Å². The van der Waals surface area contributed by atoms with Crippen molar-refractivity contribution in [2.75, 3.05) is 5.32 Å². The molecule has 0 bridgehead atoms. The van der Waals surface area contributed by atoms with Crippen LogP contribution in [-0.4, -0.2) is 21.6 Å². The third kappa shape index (κ3) is 3.79. The van der Waals surface area contributed by atoms with E-state index in [1.807, 2.05) is 0 Å². The number of benzene rings is 1. The highest BCUT2D eigenvalue weighted by molar-refractivity contribution is 6.04. The Morgan fingerprint density at radius 1 is 1.19 bits per heavy atom. The summed E-state index contributed by atoms with van der Waals surface area (Å²) in [5.74, 6) is -1.30. The largest absolute Gasteiger partial charge is 0.481 e. The fourth-order valence-electron chi connectivity index (χ4n) is 1.77. The minimum atomic E-state index is -0.910. The smallest absolute Gasteiger partial charge is 0.307 e. The van der Waals surface area contributed by atoms with E-state index < -0.39 is 11.9 Å². The fourth-order valence-corrected chi connectivity index (χ4v) is 1.77. The first-order valence-corrected chi connectivity index (χ1v) is 6.24. The molecule has 0 saturated carbocycles. The van der Waals surface area contributed by atoms with Crippen LogP contribution in [-0.2, 0) is 18.3 Å². The van der Waals surface area contributed by atoms with Crippen molar-refractivity contribution in [3.05, 3.63) is 64.1 Å². The number of nitrogens with zero attached hydrogens (tertiary/aromatic N) is 1. The van der Waals surface area contributed by atoms with E-state index in [9.17, 15) is 14.4 Å². The minimum absolute atomic E-state index is 0.0665. The van der Waals surface area contributed by atoms with E-state index in [2.05, 4.69) is 5.32 Å². The van der Waals surface area contributed by atoms with Gasteiger partial charge in [-0.3, -0.25) is 14.4 Å². The molecule has 0 atom stereocenters. The predicted octanol–water partition coefficient (Wildman–Crippen LogP) is 1.26. The Morgan fingerprint density at radius 3 is 2.43 bits per heavy atom. The van der Waals surface area contributed by atoms with Crippen LogP contribution in [0.1, 0.15) is 15.9 Å². The van der Waals surface area contributed by atoms with Crippen LogP contribution in [0, 0.1) is 0 Å². The highest BCUT2D eigenvalue weighted by Crippen LogP contribution is 2.11. The third-order valence-corrected chi connectivity index (χ3v) is 2.93. The molecule has 2 aromatic rings. The van der Waals surface area contributed by atoms with Gasteiger partial charge in [0.2, 0.25) is 0 Å². The van der Waals surface area contributed by atoms with Crippen molar-refractivity contribution in [2.24, 2.45) is 7.05 Å². The molecule has 0 aliphatic rings. The van der Waals surface area contributed by atoms with Crippen LogP contribution in [0.5, 0.6) is 0 Å². The predicted molar refractivity (Wildman–Crippen MR) is 77.4 cm³/mol. The Balaban J connectivity index is 2.10. The SMILES string of the molecule is Cn1ccc(C(=O)Nc2ccc(CC(=O)O)cc2)cc1=O. The minimum Gasteiger partial charge on any atom is -0.481 e. The van der Waals surface area contributed by atoms with E-state index in [-0.39, 0.29) is 17.5 Å². The number of anilines is 1. The van der Waals surface area contributed by atoms with Gasteiger partial charge in [0.15, 0.2) is 0 Å². The van der Waals surface area contributed by atoms with Crippen LogP contribution in [0.4, 0.5) is 5.69 Å². The van der Waals surface area contributed by atoms with E-state index >= 15 is 0 Å². The van der Waals surface area contributed by atoms with E-state index in [1.54, 1.807) is 37.4 Å². The lowest BCUT2D eigenvalue weighted by molar-refractivity contribution is -0.136. The summed E-state index contributed by atoms with van der Waals surface area (Å²) >= 11 is 0. The van der Waals surface area contributed by atoms with Crippen LogP contribution in [0.25, 0.3) is 0 Å². The molecule has 2 rings (SSSR count). The molecule has 0 radical (unpaired) electrons. The summed E-state index contributed by atoms with van der Waals surface area (Å²) < 4.78 is 1.37. The number of aromatic nitrogens is 1. The number of carbonyl (C=O) groups excluding carboxylic acids is 1. The summed E-state index contributed by atoms with van der Waals surface area (Å²) in [6.45, 7) is 0. The molecular formula is C15H14N2O4. The average molecular weight is 286 g/mol. The van der Waals surface area contributed by atoms with Crippen molar-refractivity contribution in [3.63, 3.8) is 0 Å². The summed E-state index contributed by atoms with van der Waals surface area (Å²) in [4.78, 5) is 34.0. The van der Waals surface area contributed by atoms with Gasteiger partial charge < -0.3 is 15.0 Å². The number of hydrogen-bond acceptors (Lipinski definition) is 3. The average Bonchev–Trinajstić information content (AvgIpc) is 2.43. The molecule has 1 amide bonds. The monoisotopic (exact) mass is 286 g/mol. The van der Waals surface area contributed by atoms with Crippen molar-refractivity contribution in [1.82, 2.24) is 4.57 Å². The molecule has 21 heavy (non-hydrogen) atoms. The number of carbonyl (C=O) groups is 2. The number of nitrogens with one attached hydrogen (secondary N) is 1. The van der Waals surface area contributed by atoms with Crippen molar-refractivity contribution >= 4 is 17.6 Å². The highest BCUT2D eigenvalue weighted by Gasteiger charge is 2.07. The Hall–Kier alpha value is -2.89.